The Labute approximate surface area is 122 Å². The fraction of sp³-hybridized carbons (Fsp3) is 0.636. The van der Waals surface area contributed by atoms with E-state index in [1.165, 1.54) is 7.11 Å². The monoisotopic (exact) mass is 321 g/mol. The average Bonchev–Trinajstić information content (AvgIpc) is 2.67. The van der Waals surface area contributed by atoms with Crippen LogP contribution in [0.1, 0.15) is 29.2 Å². The molecule has 0 atom stereocenters. The zero-order chi connectivity index (χ0) is 15.3. The Morgan fingerprint density at radius 2 is 2.10 bits per heavy atom. The summed E-state index contributed by atoms with van der Waals surface area (Å²) in [6.45, 7) is 5.44. The molecule has 0 aliphatic carbocycles. The molecular weight excluding hydrogens is 302 g/mol. The van der Waals surface area contributed by atoms with Gasteiger partial charge in [-0.25, -0.2) is 22.9 Å². The maximum absolute atomic E-state index is 11.6. The summed E-state index contributed by atoms with van der Waals surface area (Å²) in [4.78, 5) is 16.0. The molecule has 9 heteroatoms. The van der Waals surface area contributed by atoms with E-state index in [-0.39, 0.29) is 18.3 Å². The fourth-order valence-electron chi connectivity index (χ4n) is 1.46. The van der Waals surface area contributed by atoms with Crippen molar-refractivity contribution in [1.82, 2.24) is 9.71 Å². The predicted octanol–water partition coefficient (Wildman–Crippen LogP) is 0.978. The number of hydrogen-bond acceptors (Lipinski definition) is 7. The number of aryl methyl sites for hydroxylation is 1. The second-order valence-electron chi connectivity index (χ2n) is 4.44. The molecule has 0 aliphatic heterocycles. The number of thiazole rings is 1. The van der Waals surface area contributed by atoms with Crippen molar-refractivity contribution in [2.24, 2.45) is 0 Å². The van der Waals surface area contributed by atoms with Crippen molar-refractivity contribution in [3.63, 3.8) is 0 Å². The van der Waals surface area contributed by atoms with E-state index in [2.05, 4.69) is 19.8 Å². The number of hydrogen-bond donors (Lipinski definition) is 2. The number of aromatic nitrogens is 1. The molecule has 0 aromatic carbocycles. The average molecular weight is 321 g/mol. The first kappa shape index (κ1) is 16.9. The van der Waals surface area contributed by atoms with Gasteiger partial charge in [0, 0.05) is 12.6 Å². The minimum absolute atomic E-state index is 0.0582. The van der Waals surface area contributed by atoms with E-state index >= 15 is 0 Å². The largest absolute Gasteiger partial charge is 0.465 e. The molecule has 0 saturated heterocycles. The molecule has 0 saturated carbocycles. The maximum atomic E-state index is 11.6. The lowest BCUT2D eigenvalue weighted by Crippen LogP contribution is -2.34. The number of carbonyl (C=O) groups excluding carboxylic acids is 1. The van der Waals surface area contributed by atoms with Crippen molar-refractivity contribution in [2.75, 3.05) is 24.7 Å². The third-order valence-electron chi connectivity index (χ3n) is 2.23. The highest BCUT2D eigenvalue weighted by atomic mass is 32.2. The summed E-state index contributed by atoms with van der Waals surface area (Å²) in [5.74, 6) is -0.501. The highest BCUT2D eigenvalue weighted by Crippen LogP contribution is 2.22. The van der Waals surface area contributed by atoms with E-state index in [0.717, 1.165) is 11.3 Å². The summed E-state index contributed by atoms with van der Waals surface area (Å²) in [5.41, 5.74) is 0.563. The second-order valence-corrected chi connectivity index (χ2v) is 7.32. The number of rotatable bonds is 7. The van der Waals surface area contributed by atoms with Crippen LogP contribution in [-0.4, -0.2) is 44.8 Å². The molecule has 1 heterocycles. The molecule has 0 radical (unpaired) electrons. The zero-order valence-corrected chi connectivity index (χ0v) is 13.5. The van der Waals surface area contributed by atoms with Crippen LogP contribution in [0.3, 0.4) is 0 Å². The van der Waals surface area contributed by atoms with E-state index < -0.39 is 16.0 Å². The van der Waals surface area contributed by atoms with E-state index in [9.17, 15) is 13.2 Å². The number of ether oxygens (including phenoxy) is 1. The first-order chi connectivity index (χ1) is 9.25. The van der Waals surface area contributed by atoms with E-state index in [1.54, 1.807) is 20.8 Å². The number of nitrogens with zero attached hydrogens (tertiary/aromatic N) is 1. The van der Waals surface area contributed by atoms with Gasteiger partial charge in [0.2, 0.25) is 10.0 Å². The molecule has 1 aromatic rings. The minimum Gasteiger partial charge on any atom is -0.465 e. The van der Waals surface area contributed by atoms with Gasteiger partial charge in [-0.05, 0) is 20.8 Å². The number of sulfonamides is 1. The normalized spacial score (nSPS) is 11.7. The van der Waals surface area contributed by atoms with Crippen LogP contribution < -0.4 is 10.0 Å². The highest BCUT2D eigenvalue weighted by molar-refractivity contribution is 7.89. The molecule has 114 valence electrons. The summed E-state index contributed by atoms with van der Waals surface area (Å²) in [6.07, 6.45) is 0. The number of carbonyl (C=O) groups is 1. The Bertz CT molecular complexity index is 566. The van der Waals surface area contributed by atoms with Gasteiger partial charge < -0.3 is 10.1 Å². The van der Waals surface area contributed by atoms with E-state index in [4.69, 9.17) is 0 Å². The van der Waals surface area contributed by atoms with Crippen molar-refractivity contribution < 1.29 is 17.9 Å². The van der Waals surface area contributed by atoms with Gasteiger partial charge >= 0.3 is 5.97 Å². The van der Waals surface area contributed by atoms with Gasteiger partial charge in [0.05, 0.1) is 18.6 Å². The van der Waals surface area contributed by atoms with Gasteiger partial charge in [-0.1, -0.05) is 11.3 Å². The van der Waals surface area contributed by atoms with Crippen molar-refractivity contribution in [3.05, 3.63) is 10.6 Å². The molecule has 0 spiro atoms. The van der Waals surface area contributed by atoms with Crippen molar-refractivity contribution in [1.29, 1.82) is 0 Å². The van der Waals surface area contributed by atoms with E-state index in [0.29, 0.717) is 15.7 Å². The van der Waals surface area contributed by atoms with Crippen LogP contribution in [0.4, 0.5) is 5.13 Å². The Kier molecular flexibility index (Phi) is 5.90. The third kappa shape index (κ3) is 5.06. The molecule has 0 amide bonds. The molecule has 1 rings (SSSR count). The van der Waals surface area contributed by atoms with Crippen LogP contribution >= 0.6 is 11.3 Å². The van der Waals surface area contributed by atoms with Gasteiger partial charge in [0.25, 0.3) is 0 Å². The summed E-state index contributed by atoms with van der Waals surface area (Å²) in [7, 11) is -2.00. The fourth-order valence-corrected chi connectivity index (χ4v) is 3.58. The van der Waals surface area contributed by atoms with Crippen molar-refractivity contribution in [2.45, 2.75) is 26.8 Å². The highest BCUT2D eigenvalue weighted by Gasteiger charge is 2.16. The topological polar surface area (TPSA) is 97.4 Å². The quantitative estimate of drug-likeness (QED) is 0.727. The first-order valence-corrected chi connectivity index (χ1v) is 8.51. The van der Waals surface area contributed by atoms with Crippen molar-refractivity contribution in [3.8, 4) is 0 Å². The van der Waals surface area contributed by atoms with E-state index in [1.807, 2.05) is 0 Å². The maximum Gasteiger partial charge on any atom is 0.350 e. The Morgan fingerprint density at radius 3 is 2.65 bits per heavy atom. The second kappa shape index (κ2) is 7.00. The number of nitrogens with one attached hydrogen (secondary N) is 2. The lowest BCUT2D eigenvalue weighted by molar-refractivity contribution is 0.0605. The van der Waals surface area contributed by atoms with Crippen LogP contribution in [0.25, 0.3) is 0 Å². The van der Waals surface area contributed by atoms with Gasteiger partial charge in [0.15, 0.2) is 5.13 Å². The Hall–Kier alpha value is -1.19. The SMILES string of the molecule is COC(=O)c1sc(NCCS(=O)(=O)NC(C)C)nc1C. The molecular formula is C11H19N3O4S2. The summed E-state index contributed by atoms with van der Waals surface area (Å²) < 4.78 is 30.4. The third-order valence-corrected chi connectivity index (χ3v) is 4.90. The summed E-state index contributed by atoms with van der Waals surface area (Å²) in [6, 6.07) is -0.131. The molecule has 0 fully saturated rings. The molecule has 7 nitrogen and oxygen atoms in total. The van der Waals surface area contributed by atoms with Crippen LogP contribution in [0.2, 0.25) is 0 Å². The lowest BCUT2D eigenvalue weighted by Gasteiger charge is -2.09. The van der Waals surface area contributed by atoms with Gasteiger partial charge in [-0.2, -0.15) is 0 Å². The van der Waals surface area contributed by atoms with Crippen molar-refractivity contribution >= 4 is 32.5 Å². The number of methoxy groups -OCH3 is 1. The smallest absolute Gasteiger partial charge is 0.350 e. The summed E-state index contributed by atoms with van der Waals surface area (Å²) >= 11 is 1.14. The van der Waals surface area contributed by atoms with Gasteiger partial charge in [-0.15, -0.1) is 0 Å². The molecule has 20 heavy (non-hydrogen) atoms. The van der Waals surface area contributed by atoms with Crippen LogP contribution in [-0.2, 0) is 14.8 Å². The zero-order valence-electron chi connectivity index (χ0n) is 11.9. The Balaban J connectivity index is 2.57. The van der Waals surface area contributed by atoms with Crippen LogP contribution in [0, 0.1) is 6.92 Å². The summed E-state index contributed by atoms with van der Waals surface area (Å²) in [5, 5.41) is 3.40. The predicted molar refractivity (Wildman–Crippen MR) is 78.7 cm³/mol. The molecule has 0 bridgehead atoms. The van der Waals surface area contributed by atoms with Gasteiger partial charge in [0.1, 0.15) is 4.88 Å². The number of esters is 1. The lowest BCUT2D eigenvalue weighted by atomic mass is 10.4. The first-order valence-electron chi connectivity index (χ1n) is 6.05. The molecule has 2 N–H and O–H groups in total. The van der Waals surface area contributed by atoms with Gasteiger partial charge in [-0.3, -0.25) is 0 Å². The molecule has 1 aromatic heterocycles. The molecule has 0 aliphatic rings. The van der Waals surface area contributed by atoms with Crippen LogP contribution in [0.15, 0.2) is 0 Å². The standard InChI is InChI=1S/C11H19N3O4S2/c1-7(2)14-20(16,17)6-5-12-11-13-8(3)9(19-11)10(15)18-4/h7,14H,5-6H2,1-4H3,(H,12,13). The minimum atomic E-state index is -3.30. The number of anilines is 1. The molecule has 0 unspecified atom stereocenters. The van der Waals surface area contributed by atoms with Crippen LogP contribution in [0.5, 0.6) is 0 Å². The Morgan fingerprint density at radius 1 is 1.45 bits per heavy atom.